The fraction of sp³-hybridized carbons (Fsp3) is 0.538. The molecule has 1 N–H and O–H groups in total. The van der Waals surface area contributed by atoms with E-state index in [1.54, 1.807) is 12.3 Å². The molecule has 1 aromatic heterocycles. The SMILES string of the molecule is COC(=O)c1ccc(CNCCCN(C)C)nc1. The first kappa shape index (κ1) is 14.6. The second-order valence-corrected chi connectivity index (χ2v) is 4.36. The van der Waals surface area contributed by atoms with Crippen molar-refractivity contribution in [2.75, 3.05) is 34.3 Å². The van der Waals surface area contributed by atoms with Crippen LogP contribution < -0.4 is 5.32 Å². The summed E-state index contributed by atoms with van der Waals surface area (Å²) in [6.45, 7) is 2.75. The number of methoxy groups -OCH3 is 1. The van der Waals surface area contributed by atoms with Crippen LogP contribution in [0.25, 0.3) is 0 Å². The molecule has 0 radical (unpaired) electrons. The van der Waals surface area contributed by atoms with Gasteiger partial charge in [-0.1, -0.05) is 0 Å². The maximum absolute atomic E-state index is 11.2. The van der Waals surface area contributed by atoms with Crippen LogP contribution in [-0.4, -0.2) is 50.1 Å². The molecule has 0 unspecified atom stereocenters. The van der Waals surface area contributed by atoms with Gasteiger partial charge in [0.1, 0.15) is 0 Å². The molecule has 0 saturated heterocycles. The van der Waals surface area contributed by atoms with Gasteiger partial charge in [0.05, 0.1) is 18.4 Å². The van der Waals surface area contributed by atoms with E-state index in [1.807, 2.05) is 6.07 Å². The number of carbonyl (C=O) groups excluding carboxylic acids is 1. The number of nitrogens with zero attached hydrogens (tertiary/aromatic N) is 2. The highest BCUT2D eigenvalue weighted by atomic mass is 16.5. The van der Waals surface area contributed by atoms with Crippen LogP contribution in [0.15, 0.2) is 18.3 Å². The minimum atomic E-state index is -0.354. The highest BCUT2D eigenvalue weighted by Gasteiger charge is 2.04. The summed E-state index contributed by atoms with van der Waals surface area (Å²) in [6.07, 6.45) is 2.65. The van der Waals surface area contributed by atoms with Crippen molar-refractivity contribution in [3.05, 3.63) is 29.6 Å². The van der Waals surface area contributed by atoms with E-state index in [9.17, 15) is 4.79 Å². The average Bonchev–Trinajstić information content (AvgIpc) is 2.38. The molecule has 0 atom stereocenters. The van der Waals surface area contributed by atoms with Crippen molar-refractivity contribution in [1.29, 1.82) is 0 Å². The summed E-state index contributed by atoms with van der Waals surface area (Å²) in [5.74, 6) is -0.354. The van der Waals surface area contributed by atoms with Crippen molar-refractivity contribution in [2.45, 2.75) is 13.0 Å². The zero-order valence-electron chi connectivity index (χ0n) is 11.3. The van der Waals surface area contributed by atoms with Crippen molar-refractivity contribution in [1.82, 2.24) is 15.2 Å². The lowest BCUT2D eigenvalue weighted by Crippen LogP contribution is -2.21. The number of pyridine rings is 1. The molecule has 0 aromatic carbocycles. The maximum atomic E-state index is 11.2. The van der Waals surface area contributed by atoms with E-state index < -0.39 is 0 Å². The number of carbonyl (C=O) groups is 1. The lowest BCUT2D eigenvalue weighted by atomic mass is 10.2. The predicted molar refractivity (Wildman–Crippen MR) is 70.5 cm³/mol. The van der Waals surface area contributed by atoms with Gasteiger partial charge in [-0.3, -0.25) is 4.98 Å². The molecule has 0 bridgehead atoms. The number of hydrogen-bond donors (Lipinski definition) is 1. The van der Waals surface area contributed by atoms with Crippen LogP contribution in [0.4, 0.5) is 0 Å². The van der Waals surface area contributed by atoms with E-state index >= 15 is 0 Å². The van der Waals surface area contributed by atoms with Gasteiger partial charge in [-0.2, -0.15) is 0 Å². The summed E-state index contributed by atoms with van der Waals surface area (Å²) >= 11 is 0. The minimum Gasteiger partial charge on any atom is -0.465 e. The van der Waals surface area contributed by atoms with Crippen molar-refractivity contribution in [3.8, 4) is 0 Å². The Bertz CT molecular complexity index is 363. The molecule has 0 saturated carbocycles. The van der Waals surface area contributed by atoms with Gasteiger partial charge in [0.2, 0.25) is 0 Å². The smallest absolute Gasteiger partial charge is 0.339 e. The first-order chi connectivity index (χ1) is 8.63. The fourth-order valence-electron chi connectivity index (χ4n) is 1.50. The molecule has 1 heterocycles. The number of hydrogen-bond acceptors (Lipinski definition) is 5. The zero-order chi connectivity index (χ0) is 13.4. The van der Waals surface area contributed by atoms with Gasteiger partial charge in [0.15, 0.2) is 0 Å². The zero-order valence-corrected chi connectivity index (χ0v) is 11.3. The van der Waals surface area contributed by atoms with Crippen molar-refractivity contribution < 1.29 is 9.53 Å². The van der Waals surface area contributed by atoms with Crippen LogP contribution >= 0.6 is 0 Å². The Kier molecular flexibility index (Phi) is 6.32. The van der Waals surface area contributed by atoms with Gasteiger partial charge < -0.3 is 15.0 Å². The molecular formula is C13H21N3O2. The molecule has 0 aliphatic carbocycles. The minimum absolute atomic E-state index is 0.354. The molecule has 0 aliphatic heterocycles. The Morgan fingerprint density at radius 2 is 2.22 bits per heavy atom. The Morgan fingerprint density at radius 1 is 1.44 bits per heavy atom. The van der Waals surface area contributed by atoms with E-state index in [0.717, 1.165) is 31.7 Å². The molecular weight excluding hydrogens is 230 g/mol. The summed E-state index contributed by atoms with van der Waals surface area (Å²) in [5, 5.41) is 3.31. The van der Waals surface area contributed by atoms with E-state index in [1.165, 1.54) is 7.11 Å². The van der Waals surface area contributed by atoms with Crippen LogP contribution in [0.5, 0.6) is 0 Å². The van der Waals surface area contributed by atoms with Gasteiger partial charge in [-0.25, -0.2) is 4.79 Å². The quantitative estimate of drug-likeness (QED) is 0.576. The summed E-state index contributed by atoms with van der Waals surface area (Å²) in [6, 6.07) is 3.57. The average molecular weight is 251 g/mol. The van der Waals surface area contributed by atoms with E-state index in [0.29, 0.717) is 5.56 Å². The number of nitrogens with one attached hydrogen (secondary N) is 1. The van der Waals surface area contributed by atoms with E-state index in [2.05, 4.69) is 34.0 Å². The van der Waals surface area contributed by atoms with Crippen molar-refractivity contribution in [3.63, 3.8) is 0 Å². The second-order valence-electron chi connectivity index (χ2n) is 4.36. The number of esters is 1. The molecule has 1 aromatic rings. The van der Waals surface area contributed by atoms with E-state index in [-0.39, 0.29) is 5.97 Å². The third kappa shape index (κ3) is 5.25. The highest BCUT2D eigenvalue weighted by molar-refractivity contribution is 5.88. The topological polar surface area (TPSA) is 54.5 Å². The Morgan fingerprint density at radius 3 is 2.78 bits per heavy atom. The fourth-order valence-corrected chi connectivity index (χ4v) is 1.50. The molecule has 18 heavy (non-hydrogen) atoms. The second kappa shape index (κ2) is 7.79. The Labute approximate surface area is 108 Å². The highest BCUT2D eigenvalue weighted by Crippen LogP contribution is 2.01. The third-order valence-corrected chi connectivity index (χ3v) is 2.51. The number of aromatic nitrogens is 1. The lowest BCUT2D eigenvalue weighted by Gasteiger charge is -2.09. The van der Waals surface area contributed by atoms with Gasteiger partial charge in [-0.15, -0.1) is 0 Å². The van der Waals surface area contributed by atoms with Crippen LogP contribution in [-0.2, 0) is 11.3 Å². The van der Waals surface area contributed by atoms with Gasteiger partial charge in [0.25, 0.3) is 0 Å². The van der Waals surface area contributed by atoms with Gasteiger partial charge in [-0.05, 0) is 45.7 Å². The monoisotopic (exact) mass is 251 g/mol. The molecule has 0 spiro atoms. The summed E-state index contributed by atoms with van der Waals surface area (Å²) in [4.78, 5) is 17.6. The van der Waals surface area contributed by atoms with Crippen LogP contribution in [0.1, 0.15) is 22.5 Å². The molecule has 0 amide bonds. The summed E-state index contributed by atoms with van der Waals surface area (Å²) < 4.78 is 4.61. The van der Waals surface area contributed by atoms with Gasteiger partial charge in [0, 0.05) is 12.7 Å². The predicted octanol–water partition coefficient (Wildman–Crippen LogP) is 0.909. The maximum Gasteiger partial charge on any atom is 0.339 e. The van der Waals surface area contributed by atoms with Crippen LogP contribution in [0.3, 0.4) is 0 Å². The summed E-state index contributed by atoms with van der Waals surface area (Å²) in [7, 11) is 5.49. The molecule has 5 nitrogen and oxygen atoms in total. The van der Waals surface area contributed by atoms with Crippen molar-refractivity contribution >= 4 is 5.97 Å². The first-order valence-corrected chi connectivity index (χ1v) is 6.02. The molecule has 1 rings (SSSR count). The number of rotatable bonds is 7. The first-order valence-electron chi connectivity index (χ1n) is 6.02. The molecule has 0 fully saturated rings. The number of ether oxygens (including phenoxy) is 1. The molecule has 5 heteroatoms. The van der Waals surface area contributed by atoms with Crippen LogP contribution in [0, 0.1) is 0 Å². The van der Waals surface area contributed by atoms with E-state index in [4.69, 9.17) is 0 Å². The Balaban J connectivity index is 2.29. The lowest BCUT2D eigenvalue weighted by molar-refractivity contribution is 0.0600. The normalized spacial score (nSPS) is 10.7. The van der Waals surface area contributed by atoms with Gasteiger partial charge >= 0.3 is 5.97 Å². The molecule has 0 aliphatic rings. The largest absolute Gasteiger partial charge is 0.465 e. The third-order valence-electron chi connectivity index (χ3n) is 2.51. The van der Waals surface area contributed by atoms with Crippen molar-refractivity contribution in [2.24, 2.45) is 0 Å². The standard InChI is InChI=1S/C13H21N3O2/c1-16(2)8-4-7-14-10-12-6-5-11(9-15-12)13(17)18-3/h5-6,9,14H,4,7-8,10H2,1-3H3. The molecule has 100 valence electrons. The van der Waals surface area contributed by atoms with Crippen LogP contribution in [0.2, 0.25) is 0 Å². The Hall–Kier alpha value is -1.46. The summed E-state index contributed by atoms with van der Waals surface area (Å²) in [5.41, 5.74) is 1.40.